The first kappa shape index (κ1) is 23.3. The predicted molar refractivity (Wildman–Crippen MR) is 114 cm³/mol. The predicted octanol–water partition coefficient (Wildman–Crippen LogP) is 5.26. The summed E-state index contributed by atoms with van der Waals surface area (Å²) in [6, 6.07) is 8.54. The molecular weight excluding hydrogens is 421 g/mol. The van der Waals surface area contributed by atoms with Crippen molar-refractivity contribution in [2.24, 2.45) is 0 Å². The van der Waals surface area contributed by atoms with Crippen molar-refractivity contribution >= 4 is 16.7 Å². The topological polar surface area (TPSA) is 80.1 Å². The highest BCUT2D eigenvalue weighted by atomic mass is 19.3. The van der Waals surface area contributed by atoms with Crippen molar-refractivity contribution in [3.05, 3.63) is 58.7 Å². The summed E-state index contributed by atoms with van der Waals surface area (Å²) in [5.41, 5.74) is 0.213. The number of methoxy groups -OCH3 is 1. The van der Waals surface area contributed by atoms with Crippen LogP contribution in [0.3, 0.4) is 0 Å². The number of halogens is 3. The van der Waals surface area contributed by atoms with E-state index in [0.717, 1.165) is 6.07 Å². The molecule has 0 aliphatic carbocycles. The summed E-state index contributed by atoms with van der Waals surface area (Å²) in [6.45, 7) is 4.58. The molecule has 2 aromatic carbocycles. The molecule has 1 N–H and O–H groups in total. The van der Waals surface area contributed by atoms with Gasteiger partial charge in [-0.1, -0.05) is 18.2 Å². The largest absolute Gasteiger partial charge is 0.490 e. The lowest BCUT2D eigenvalue weighted by molar-refractivity contribution is 0.0136. The summed E-state index contributed by atoms with van der Waals surface area (Å²) in [6.07, 6.45) is 0. The molecule has 0 saturated carbocycles. The van der Waals surface area contributed by atoms with Crippen LogP contribution >= 0.6 is 0 Å². The number of aromatic nitrogens is 2. The maximum absolute atomic E-state index is 14.8. The molecule has 168 valence electrons. The number of nitriles is 1. The average molecular weight is 444 g/mol. The van der Waals surface area contributed by atoms with Crippen molar-refractivity contribution in [1.82, 2.24) is 9.97 Å². The molecule has 0 bridgehead atoms. The van der Waals surface area contributed by atoms with Gasteiger partial charge in [-0.05, 0) is 26.0 Å². The maximum atomic E-state index is 14.8. The van der Waals surface area contributed by atoms with Crippen molar-refractivity contribution in [2.45, 2.75) is 32.7 Å². The van der Waals surface area contributed by atoms with Crippen molar-refractivity contribution in [3.8, 4) is 11.8 Å². The zero-order chi connectivity index (χ0) is 23.5. The number of benzene rings is 2. The highest BCUT2D eigenvalue weighted by Crippen LogP contribution is 2.34. The van der Waals surface area contributed by atoms with Gasteiger partial charge >= 0.3 is 0 Å². The van der Waals surface area contributed by atoms with Crippen LogP contribution in [0.4, 0.5) is 19.0 Å². The van der Waals surface area contributed by atoms with E-state index in [1.54, 1.807) is 26.0 Å². The van der Waals surface area contributed by atoms with Gasteiger partial charge in [-0.25, -0.2) is 23.1 Å². The van der Waals surface area contributed by atoms with E-state index in [-0.39, 0.29) is 12.2 Å². The van der Waals surface area contributed by atoms with Crippen LogP contribution in [0.1, 0.15) is 42.4 Å². The number of anilines is 1. The lowest BCUT2D eigenvalue weighted by Crippen LogP contribution is -2.16. The van der Waals surface area contributed by atoms with Crippen LogP contribution in [0.15, 0.2) is 30.3 Å². The Hall–Kier alpha value is -3.38. The number of nitrogens with one attached hydrogen (secondary N) is 1. The SMILES string of the molecule is COCCOc1cc2c(N[C@H](C)c3cccc(C(C)(F)F)c3F)nc(C)nc2cc1C#N. The second kappa shape index (κ2) is 9.40. The Morgan fingerprint density at radius 2 is 1.97 bits per heavy atom. The summed E-state index contributed by atoms with van der Waals surface area (Å²) in [7, 11) is 1.54. The molecule has 1 atom stereocenters. The molecule has 6 nitrogen and oxygen atoms in total. The summed E-state index contributed by atoms with van der Waals surface area (Å²) in [5, 5.41) is 13.1. The van der Waals surface area contributed by atoms with Crippen molar-refractivity contribution in [3.63, 3.8) is 0 Å². The van der Waals surface area contributed by atoms with E-state index in [2.05, 4.69) is 21.4 Å². The molecule has 9 heteroatoms. The molecule has 0 spiro atoms. The van der Waals surface area contributed by atoms with Gasteiger partial charge in [0.2, 0.25) is 0 Å². The van der Waals surface area contributed by atoms with Crippen molar-refractivity contribution in [1.29, 1.82) is 5.26 Å². The van der Waals surface area contributed by atoms with Crippen LogP contribution in [0, 0.1) is 24.1 Å². The third-order valence-corrected chi connectivity index (χ3v) is 4.90. The minimum Gasteiger partial charge on any atom is -0.490 e. The number of alkyl halides is 2. The first-order valence-corrected chi connectivity index (χ1v) is 9.93. The molecule has 0 aliphatic rings. The fourth-order valence-electron chi connectivity index (χ4n) is 3.33. The number of ether oxygens (including phenoxy) is 2. The molecule has 3 rings (SSSR count). The van der Waals surface area contributed by atoms with E-state index in [1.165, 1.54) is 19.2 Å². The van der Waals surface area contributed by atoms with Gasteiger partial charge in [-0.3, -0.25) is 0 Å². The number of nitrogens with zero attached hydrogens (tertiary/aromatic N) is 3. The number of rotatable bonds is 8. The molecule has 1 heterocycles. The van der Waals surface area contributed by atoms with Gasteiger partial charge in [0.05, 0.1) is 29.3 Å². The normalized spacial score (nSPS) is 12.4. The van der Waals surface area contributed by atoms with Crippen LogP contribution in [-0.4, -0.2) is 30.3 Å². The Labute approximate surface area is 184 Å². The molecule has 0 radical (unpaired) electrons. The fourth-order valence-corrected chi connectivity index (χ4v) is 3.33. The van der Waals surface area contributed by atoms with E-state index in [9.17, 15) is 18.4 Å². The lowest BCUT2D eigenvalue weighted by Gasteiger charge is -2.20. The van der Waals surface area contributed by atoms with Gasteiger partial charge in [0.1, 0.15) is 35.9 Å². The van der Waals surface area contributed by atoms with Crippen LogP contribution in [0.25, 0.3) is 10.9 Å². The number of hydrogen-bond acceptors (Lipinski definition) is 6. The van der Waals surface area contributed by atoms with Gasteiger partial charge in [0, 0.05) is 25.0 Å². The van der Waals surface area contributed by atoms with E-state index in [4.69, 9.17) is 9.47 Å². The minimum absolute atomic E-state index is 0.0821. The summed E-state index contributed by atoms with van der Waals surface area (Å²) in [5.74, 6) is -3.14. The van der Waals surface area contributed by atoms with Crippen molar-refractivity contribution < 1.29 is 22.6 Å². The molecule has 3 aromatic rings. The average Bonchev–Trinajstić information content (AvgIpc) is 2.72. The van der Waals surface area contributed by atoms with Crippen LogP contribution < -0.4 is 10.1 Å². The Bertz CT molecular complexity index is 1170. The van der Waals surface area contributed by atoms with Crippen LogP contribution in [0.5, 0.6) is 5.75 Å². The van der Waals surface area contributed by atoms with Gasteiger partial charge in [-0.15, -0.1) is 0 Å². The van der Waals surface area contributed by atoms with Gasteiger partial charge in [0.15, 0.2) is 0 Å². The molecule has 0 fully saturated rings. The first-order valence-electron chi connectivity index (χ1n) is 9.93. The van der Waals surface area contributed by atoms with E-state index in [1.807, 2.05) is 0 Å². The van der Waals surface area contributed by atoms with Gasteiger partial charge in [0.25, 0.3) is 5.92 Å². The summed E-state index contributed by atoms with van der Waals surface area (Å²) in [4.78, 5) is 8.78. The standard InChI is InChI=1S/C23H23F3N4O2/c1-13(16-6-5-7-18(21(16)24)23(3,25)26)28-22-17-11-20(32-9-8-31-4)15(12-27)10-19(17)29-14(2)30-22/h5-7,10-11,13H,8-9H2,1-4H3,(H,28,29,30)/t13-/m1/s1. The van der Waals surface area contributed by atoms with E-state index >= 15 is 0 Å². The highest BCUT2D eigenvalue weighted by Gasteiger charge is 2.30. The van der Waals surface area contributed by atoms with E-state index < -0.39 is 23.3 Å². The minimum atomic E-state index is -3.31. The molecule has 0 aliphatic heterocycles. The van der Waals surface area contributed by atoms with E-state index in [0.29, 0.717) is 47.4 Å². The van der Waals surface area contributed by atoms with Crippen molar-refractivity contribution in [2.75, 3.05) is 25.6 Å². The number of hydrogen-bond donors (Lipinski definition) is 1. The molecular formula is C23H23F3N4O2. The third kappa shape index (κ3) is 4.92. The zero-order valence-corrected chi connectivity index (χ0v) is 18.2. The van der Waals surface area contributed by atoms with Crippen LogP contribution in [-0.2, 0) is 10.7 Å². The summed E-state index contributed by atoms with van der Waals surface area (Å²) < 4.78 is 53.0. The molecule has 0 saturated heterocycles. The quantitative estimate of drug-likeness (QED) is 0.478. The monoisotopic (exact) mass is 444 g/mol. The number of fused-ring (bicyclic) bond motifs is 1. The second-order valence-corrected chi connectivity index (χ2v) is 7.40. The van der Waals surface area contributed by atoms with Gasteiger partial charge in [-0.2, -0.15) is 5.26 Å². The van der Waals surface area contributed by atoms with Gasteiger partial charge < -0.3 is 14.8 Å². The second-order valence-electron chi connectivity index (χ2n) is 7.40. The highest BCUT2D eigenvalue weighted by molar-refractivity contribution is 5.91. The number of aryl methyl sites for hydroxylation is 1. The Kier molecular flexibility index (Phi) is 6.84. The molecule has 0 unspecified atom stereocenters. The summed E-state index contributed by atoms with van der Waals surface area (Å²) >= 11 is 0. The lowest BCUT2D eigenvalue weighted by atomic mass is 10.0. The molecule has 32 heavy (non-hydrogen) atoms. The Balaban J connectivity index is 2.03. The Morgan fingerprint density at radius 3 is 2.62 bits per heavy atom. The zero-order valence-electron chi connectivity index (χ0n) is 18.2. The van der Waals surface area contributed by atoms with Crippen LogP contribution in [0.2, 0.25) is 0 Å². The maximum Gasteiger partial charge on any atom is 0.273 e. The third-order valence-electron chi connectivity index (χ3n) is 4.90. The molecule has 1 aromatic heterocycles. The first-order chi connectivity index (χ1) is 15.2. The fraction of sp³-hybridized carbons (Fsp3) is 0.348. The molecule has 0 amide bonds. The Morgan fingerprint density at radius 1 is 1.22 bits per heavy atom. The smallest absolute Gasteiger partial charge is 0.273 e.